The van der Waals surface area contributed by atoms with Crippen LogP contribution in [0.2, 0.25) is 0 Å². The van der Waals surface area contributed by atoms with Gasteiger partial charge >= 0.3 is 0 Å². The minimum Gasteiger partial charge on any atom is -0.298 e. The van der Waals surface area contributed by atoms with Crippen molar-refractivity contribution in [3.8, 4) is 0 Å². The lowest BCUT2D eigenvalue weighted by atomic mass is 9.99. The van der Waals surface area contributed by atoms with Gasteiger partial charge in [-0.1, -0.05) is 6.42 Å². The average Bonchev–Trinajstić information content (AvgIpc) is 2.40. The Balaban J connectivity index is 1.59. The van der Waals surface area contributed by atoms with E-state index in [9.17, 15) is 0 Å². The third-order valence-electron chi connectivity index (χ3n) is 4.08. The molecule has 0 aliphatic carbocycles. The van der Waals surface area contributed by atoms with Crippen LogP contribution in [0, 0.1) is 0 Å². The molecule has 2 saturated heterocycles. The van der Waals surface area contributed by atoms with E-state index in [0.29, 0.717) is 0 Å². The highest BCUT2D eigenvalue weighted by Gasteiger charge is 2.28. The van der Waals surface area contributed by atoms with Crippen LogP contribution in [-0.4, -0.2) is 47.0 Å². The standard InChI is InChI=1S/C14H21N3/c1-2-8-17-10-9-16(12-14(17)3-1)11-13-4-6-15-7-5-13/h4-7,14H,1-3,8-12H2/t14-/m1/s1. The Labute approximate surface area is 103 Å². The Kier molecular flexibility index (Phi) is 3.39. The highest BCUT2D eigenvalue weighted by Crippen LogP contribution is 2.21. The van der Waals surface area contributed by atoms with Gasteiger partial charge in [0.2, 0.25) is 0 Å². The van der Waals surface area contributed by atoms with Crippen molar-refractivity contribution in [2.45, 2.75) is 31.8 Å². The fourth-order valence-electron chi connectivity index (χ4n) is 3.11. The Morgan fingerprint density at radius 1 is 1.12 bits per heavy atom. The average molecular weight is 231 g/mol. The van der Waals surface area contributed by atoms with Crippen molar-refractivity contribution in [2.24, 2.45) is 0 Å². The summed E-state index contributed by atoms with van der Waals surface area (Å²) in [6.45, 7) is 6.15. The number of aromatic nitrogens is 1. The van der Waals surface area contributed by atoms with Gasteiger partial charge in [-0.05, 0) is 37.1 Å². The maximum absolute atomic E-state index is 4.08. The van der Waals surface area contributed by atoms with Crippen molar-refractivity contribution in [3.05, 3.63) is 30.1 Å². The molecule has 0 saturated carbocycles. The SMILES string of the molecule is c1cc(CN2CCN3CCCC[C@@H]3C2)ccn1. The predicted octanol–water partition coefficient (Wildman–Crippen LogP) is 1.75. The molecule has 0 aromatic carbocycles. The predicted molar refractivity (Wildman–Crippen MR) is 68.7 cm³/mol. The van der Waals surface area contributed by atoms with E-state index in [1.807, 2.05) is 12.4 Å². The van der Waals surface area contributed by atoms with Crippen LogP contribution in [0.3, 0.4) is 0 Å². The van der Waals surface area contributed by atoms with Gasteiger partial charge in [-0.2, -0.15) is 0 Å². The Morgan fingerprint density at radius 2 is 2.00 bits per heavy atom. The van der Waals surface area contributed by atoms with Crippen LogP contribution >= 0.6 is 0 Å². The van der Waals surface area contributed by atoms with Gasteiger partial charge in [0.05, 0.1) is 0 Å². The van der Waals surface area contributed by atoms with Crippen LogP contribution in [0.4, 0.5) is 0 Å². The largest absolute Gasteiger partial charge is 0.298 e. The van der Waals surface area contributed by atoms with Crippen molar-refractivity contribution < 1.29 is 0 Å². The molecule has 17 heavy (non-hydrogen) atoms. The minimum atomic E-state index is 0.819. The molecule has 0 bridgehead atoms. The quantitative estimate of drug-likeness (QED) is 0.773. The Bertz CT molecular complexity index is 352. The normalized spacial score (nSPS) is 26.7. The molecule has 0 unspecified atom stereocenters. The summed E-state index contributed by atoms with van der Waals surface area (Å²) in [4.78, 5) is 9.36. The smallest absolute Gasteiger partial charge is 0.0271 e. The first kappa shape index (κ1) is 11.2. The molecular formula is C14H21N3. The molecule has 3 heterocycles. The highest BCUT2D eigenvalue weighted by molar-refractivity contribution is 5.09. The van der Waals surface area contributed by atoms with Gasteiger partial charge in [0.15, 0.2) is 0 Å². The van der Waals surface area contributed by atoms with Crippen LogP contribution in [0.1, 0.15) is 24.8 Å². The first-order valence-electron chi connectivity index (χ1n) is 6.77. The summed E-state index contributed by atoms with van der Waals surface area (Å²) in [7, 11) is 0. The van der Waals surface area contributed by atoms with Crippen molar-refractivity contribution >= 4 is 0 Å². The second kappa shape index (κ2) is 5.15. The monoisotopic (exact) mass is 231 g/mol. The molecule has 92 valence electrons. The van der Waals surface area contributed by atoms with Crippen LogP contribution in [0.25, 0.3) is 0 Å². The lowest BCUT2D eigenvalue weighted by molar-refractivity contribution is 0.0457. The number of fused-ring (bicyclic) bond motifs is 1. The fourth-order valence-corrected chi connectivity index (χ4v) is 3.11. The molecule has 1 atom stereocenters. The summed E-state index contributed by atoms with van der Waals surface area (Å²) in [6.07, 6.45) is 8.01. The van der Waals surface area contributed by atoms with E-state index < -0.39 is 0 Å². The lowest BCUT2D eigenvalue weighted by Crippen LogP contribution is -2.54. The van der Waals surface area contributed by atoms with E-state index >= 15 is 0 Å². The Hall–Kier alpha value is -0.930. The number of piperazine rings is 1. The van der Waals surface area contributed by atoms with Crippen molar-refractivity contribution in [3.63, 3.8) is 0 Å². The van der Waals surface area contributed by atoms with Crippen molar-refractivity contribution in [1.29, 1.82) is 0 Å². The number of hydrogen-bond acceptors (Lipinski definition) is 3. The lowest BCUT2D eigenvalue weighted by Gasteiger charge is -2.44. The van der Waals surface area contributed by atoms with E-state index in [2.05, 4.69) is 26.9 Å². The van der Waals surface area contributed by atoms with Crippen LogP contribution in [-0.2, 0) is 6.54 Å². The number of piperidine rings is 1. The molecule has 2 aliphatic rings. The molecular weight excluding hydrogens is 210 g/mol. The summed E-state index contributed by atoms with van der Waals surface area (Å²) in [5.41, 5.74) is 1.39. The zero-order chi connectivity index (χ0) is 11.5. The van der Waals surface area contributed by atoms with E-state index in [-0.39, 0.29) is 0 Å². The van der Waals surface area contributed by atoms with Crippen LogP contribution in [0.15, 0.2) is 24.5 Å². The number of rotatable bonds is 2. The molecule has 1 aromatic rings. The first-order valence-corrected chi connectivity index (χ1v) is 6.77. The molecule has 1 aromatic heterocycles. The second-order valence-electron chi connectivity index (χ2n) is 5.28. The van der Waals surface area contributed by atoms with Gasteiger partial charge in [-0.25, -0.2) is 0 Å². The zero-order valence-corrected chi connectivity index (χ0v) is 10.4. The van der Waals surface area contributed by atoms with E-state index in [4.69, 9.17) is 0 Å². The molecule has 2 fully saturated rings. The molecule has 0 radical (unpaired) electrons. The molecule has 2 aliphatic heterocycles. The summed E-state index contributed by atoms with van der Waals surface area (Å²) in [5.74, 6) is 0. The van der Waals surface area contributed by atoms with Crippen molar-refractivity contribution in [1.82, 2.24) is 14.8 Å². The van der Waals surface area contributed by atoms with E-state index in [1.165, 1.54) is 51.0 Å². The maximum atomic E-state index is 4.08. The van der Waals surface area contributed by atoms with Gasteiger partial charge in [0, 0.05) is 44.6 Å². The summed E-state index contributed by atoms with van der Waals surface area (Å²) in [5, 5.41) is 0. The molecule has 0 amide bonds. The van der Waals surface area contributed by atoms with Crippen LogP contribution in [0.5, 0.6) is 0 Å². The summed E-state index contributed by atoms with van der Waals surface area (Å²) < 4.78 is 0. The fraction of sp³-hybridized carbons (Fsp3) is 0.643. The van der Waals surface area contributed by atoms with Gasteiger partial charge in [0.25, 0.3) is 0 Å². The van der Waals surface area contributed by atoms with Crippen molar-refractivity contribution in [2.75, 3.05) is 26.2 Å². The number of pyridine rings is 1. The number of nitrogens with zero attached hydrogens (tertiary/aromatic N) is 3. The van der Waals surface area contributed by atoms with Crippen LogP contribution < -0.4 is 0 Å². The van der Waals surface area contributed by atoms with Gasteiger partial charge in [-0.15, -0.1) is 0 Å². The topological polar surface area (TPSA) is 19.4 Å². The third kappa shape index (κ3) is 2.67. The van der Waals surface area contributed by atoms with Gasteiger partial charge in [-0.3, -0.25) is 14.8 Å². The van der Waals surface area contributed by atoms with E-state index in [0.717, 1.165) is 12.6 Å². The number of hydrogen-bond donors (Lipinski definition) is 0. The second-order valence-corrected chi connectivity index (χ2v) is 5.28. The molecule has 3 heteroatoms. The van der Waals surface area contributed by atoms with E-state index in [1.54, 1.807) is 0 Å². The molecule has 3 rings (SSSR count). The minimum absolute atomic E-state index is 0.819. The van der Waals surface area contributed by atoms with Gasteiger partial charge in [0.1, 0.15) is 0 Å². The highest BCUT2D eigenvalue weighted by atomic mass is 15.3. The summed E-state index contributed by atoms with van der Waals surface area (Å²) >= 11 is 0. The molecule has 0 N–H and O–H groups in total. The third-order valence-corrected chi connectivity index (χ3v) is 4.08. The molecule has 0 spiro atoms. The Morgan fingerprint density at radius 3 is 2.88 bits per heavy atom. The summed E-state index contributed by atoms with van der Waals surface area (Å²) in [6, 6.07) is 5.08. The van der Waals surface area contributed by atoms with Gasteiger partial charge < -0.3 is 0 Å². The maximum Gasteiger partial charge on any atom is 0.0271 e. The first-order chi connectivity index (χ1) is 8.42. The molecule has 3 nitrogen and oxygen atoms in total. The zero-order valence-electron chi connectivity index (χ0n) is 10.4.